The van der Waals surface area contributed by atoms with Crippen molar-refractivity contribution in [3.63, 3.8) is 0 Å². The smallest absolute Gasteiger partial charge is 0.337 e. The molecular weight excluding hydrogens is 412 g/mol. The molecule has 3 rings (SSSR count). The normalized spacial score (nSPS) is 13.8. The third-order valence-electron chi connectivity index (χ3n) is 4.57. The van der Waals surface area contributed by atoms with Crippen LogP contribution in [0.1, 0.15) is 33.6 Å². The monoisotopic (exact) mass is 432 g/mol. The molecule has 1 aliphatic rings. The lowest BCUT2D eigenvalue weighted by atomic mass is 10.1. The molecule has 0 aromatic heterocycles. The third-order valence-corrected chi connectivity index (χ3v) is 5.92. The number of methoxy groups -OCH3 is 2. The van der Waals surface area contributed by atoms with Crippen molar-refractivity contribution in [2.24, 2.45) is 0 Å². The van der Waals surface area contributed by atoms with Gasteiger partial charge in [0.2, 0.25) is 5.91 Å². The molecule has 1 fully saturated rings. The molecule has 0 saturated carbocycles. The molecule has 2 aromatic rings. The van der Waals surface area contributed by atoms with E-state index in [1.54, 1.807) is 18.2 Å². The highest BCUT2D eigenvalue weighted by Gasteiger charge is 2.26. The van der Waals surface area contributed by atoms with Gasteiger partial charge in [-0.1, -0.05) is 12.1 Å². The maximum absolute atomic E-state index is 13.1. The molecule has 0 bridgehead atoms. The quantitative estimate of drug-likeness (QED) is 0.695. The van der Waals surface area contributed by atoms with Crippen LogP contribution < -0.4 is 9.62 Å². The average molecular weight is 432 g/mol. The molecule has 2 aromatic carbocycles. The van der Waals surface area contributed by atoms with Crippen LogP contribution in [0.5, 0.6) is 0 Å². The van der Waals surface area contributed by atoms with E-state index >= 15 is 0 Å². The number of rotatable bonds is 6. The predicted octanol–water partition coefficient (Wildman–Crippen LogP) is 2.19. The first-order valence-electron chi connectivity index (χ1n) is 9.01. The Morgan fingerprint density at radius 2 is 1.60 bits per heavy atom. The van der Waals surface area contributed by atoms with Crippen LogP contribution in [0.3, 0.4) is 0 Å². The molecule has 1 N–H and O–H groups in total. The van der Waals surface area contributed by atoms with Crippen LogP contribution in [0, 0.1) is 0 Å². The standard InChI is InChI=1S/C20H20N2O7S/c1-28-19(24)13-10-14(20(25)29-2)12-15(11-13)30(26,27)21-16-6-3-4-7-17(16)22-9-5-8-18(22)23/h3-4,6-7,10-12,21H,5,8-9H2,1-2H3. The van der Waals surface area contributed by atoms with E-state index in [2.05, 4.69) is 14.2 Å². The Kier molecular flexibility index (Phi) is 6.06. The minimum atomic E-state index is -4.21. The van der Waals surface area contributed by atoms with Crippen LogP contribution in [-0.4, -0.2) is 47.0 Å². The molecule has 30 heavy (non-hydrogen) atoms. The second-order valence-corrected chi connectivity index (χ2v) is 8.18. The summed E-state index contributed by atoms with van der Waals surface area (Å²) < 4.78 is 37.8. The first-order valence-corrected chi connectivity index (χ1v) is 10.5. The van der Waals surface area contributed by atoms with Gasteiger partial charge in [-0.25, -0.2) is 18.0 Å². The number of nitrogens with zero attached hydrogens (tertiary/aromatic N) is 1. The first kappa shape index (κ1) is 21.3. The third kappa shape index (κ3) is 4.28. The van der Waals surface area contributed by atoms with Gasteiger partial charge in [0.15, 0.2) is 0 Å². The van der Waals surface area contributed by atoms with Crippen LogP contribution in [-0.2, 0) is 24.3 Å². The lowest BCUT2D eigenvalue weighted by Gasteiger charge is -2.20. The fourth-order valence-corrected chi connectivity index (χ4v) is 4.27. The summed E-state index contributed by atoms with van der Waals surface area (Å²) in [5.74, 6) is -1.71. The van der Waals surface area contributed by atoms with E-state index in [0.29, 0.717) is 25.1 Å². The summed E-state index contributed by atoms with van der Waals surface area (Å²) in [7, 11) is -1.93. The Labute approximate surface area is 173 Å². The molecule has 1 heterocycles. The summed E-state index contributed by atoms with van der Waals surface area (Å²) in [6.07, 6.45) is 1.08. The summed E-state index contributed by atoms with van der Waals surface area (Å²) in [4.78, 5) is 37.2. The number of amides is 1. The number of carbonyl (C=O) groups excluding carboxylic acids is 3. The number of para-hydroxylation sites is 2. The maximum Gasteiger partial charge on any atom is 0.337 e. The van der Waals surface area contributed by atoms with Gasteiger partial charge in [0, 0.05) is 13.0 Å². The Morgan fingerprint density at radius 3 is 2.13 bits per heavy atom. The van der Waals surface area contributed by atoms with Gasteiger partial charge < -0.3 is 14.4 Å². The van der Waals surface area contributed by atoms with Crippen LogP contribution in [0.25, 0.3) is 0 Å². The largest absolute Gasteiger partial charge is 0.465 e. The Morgan fingerprint density at radius 1 is 1.00 bits per heavy atom. The molecule has 0 aliphatic carbocycles. The van der Waals surface area contributed by atoms with E-state index in [-0.39, 0.29) is 27.6 Å². The molecule has 0 radical (unpaired) electrons. The van der Waals surface area contributed by atoms with E-state index in [1.165, 1.54) is 17.0 Å². The van der Waals surface area contributed by atoms with Crippen molar-refractivity contribution in [3.05, 3.63) is 53.6 Å². The summed E-state index contributed by atoms with van der Waals surface area (Å²) in [6.45, 7) is 0.488. The zero-order valence-electron chi connectivity index (χ0n) is 16.4. The van der Waals surface area contributed by atoms with Gasteiger partial charge in [-0.2, -0.15) is 0 Å². The summed E-state index contributed by atoms with van der Waals surface area (Å²) in [6, 6.07) is 9.90. The van der Waals surface area contributed by atoms with Gasteiger partial charge in [0.1, 0.15) is 0 Å². The molecule has 0 atom stereocenters. The van der Waals surface area contributed by atoms with E-state index < -0.39 is 22.0 Å². The molecular formula is C20H20N2O7S. The molecule has 10 heteroatoms. The predicted molar refractivity (Wildman–Crippen MR) is 108 cm³/mol. The summed E-state index contributed by atoms with van der Waals surface area (Å²) in [5, 5.41) is 0. The highest BCUT2D eigenvalue weighted by Crippen LogP contribution is 2.31. The number of benzene rings is 2. The van der Waals surface area contributed by atoms with Gasteiger partial charge in [-0.15, -0.1) is 0 Å². The Bertz CT molecular complexity index is 1080. The van der Waals surface area contributed by atoms with Crippen LogP contribution in [0.15, 0.2) is 47.4 Å². The number of hydrogen-bond acceptors (Lipinski definition) is 7. The second kappa shape index (κ2) is 8.54. The maximum atomic E-state index is 13.1. The van der Waals surface area contributed by atoms with Gasteiger partial charge >= 0.3 is 11.9 Å². The zero-order chi connectivity index (χ0) is 21.9. The van der Waals surface area contributed by atoms with Gasteiger partial charge in [-0.05, 0) is 36.8 Å². The Hall–Kier alpha value is -3.40. The van der Waals surface area contributed by atoms with Crippen molar-refractivity contribution >= 4 is 39.2 Å². The number of sulfonamides is 1. The second-order valence-electron chi connectivity index (χ2n) is 6.50. The van der Waals surface area contributed by atoms with Gasteiger partial charge in [0.25, 0.3) is 10.0 Å². The van der Waals surface area contributed by atoms with Crippen molar-refractivity contribution in [1.29, 1.82) is 0 Å². The van der Waals surface area contributed by atoms with Crippen molar-refractivity contribution in [3.8, 4) is 0 Å². The van der Waals surface area contributed by atoms with E-state index in [9.17, 15) is 22.8 Å². The summed E-state index contributed by atoms with van der Waals surface area (Å²) >= 11 is 0. The van der Waals surface area contributed by atoms with Crippen molar-refractivity contribution < 1.29 is 32.3 Å². The lowest BCUT2D eigenvalue weighted by molar-refractivity contribution is -0.117. The molecule has 1 aliphatic heterocycles. The van der Waals surface area contributed by atoms with Crippen LogP contribution in [0.2, 0.25) is 0 Å². The van der Waals surface area contributed by atoms with Gasteiger partial charge in [0.05, 0.1) is 41.6 Å². The van der Waals surface area contributed by atoms with Crippen molar-refractivity contribution in [2.45, 2.75) is 17.7 Å². The minimum absolute atomic E-state index is 0.0951. The topological polar surface area (TPSA) is 119 Å². The molecule has 9 nitrogen and oxygen atoms in total. The highest BCUT2D eigenvalue weighted by molar-refractivity contribution is 7.92. The zero-order valence-corrected chi connectivity index (χ0v) is 17.2. The van der Waals surface area contributed by atoms with Crippen LogP contribution >= 0.6 is 0 Å². The van der Waals surface area contributed by atoms with Crippen molar-refractivity contribution in [2.75, 3.05) is 30.4 Å². The fourth-order valence-electron chi connectivity index (χ4n) is 3.13. The van der Waals surface area contributed by atoms with E-state index in [1.807, 2.05) is 0 Å². The van der Waals surface area contributed by atoms with Crippen molar-refractivity contribution in [1.82, 2.24) is 0 Å². The summed E-state index contributed by atoms with van der Waals surface area (Å²) in [5.41, 5.74) is 0.393. The van der Waals surface area contributed by atoms with E-state index in [4.69, 9.17) is 0 Å². The Balaban J connectivity index is 2.03. The molecule has 158 valence electrons. The SMILES string of the molecule is COC(=O)c1cc(C(=O)OC)cc(S(=O)(=O)Nc2ccccc2N2CCCC2=O)c1. The van der Waals surface area contributed by atoms with Gasteiger partial charge in [-0.3, -0.25) is 9.52 Å². The van der Waals surface area contributed by atoms with E-state index in [0.717, 1.165) is 26.4 Å². The molecule has 0 spiro atoms. The number of esters is 2. The number of nitrogens with one attached hydrogen (secondary N) is 1. The number of hydrogen-bond donors (Lipinski definition) is 1. The minimum Gasteiger partial charge on any atom is -0.465 e. The molecule has 1 amide bonds. The number of carbonyl (C=O) groups is 3. The highest BCUT2D eigenvalue weighted by atomic mass is 32.2. The average Bonchev–Trinajstić information content (AvgIpc) is 3.18. The first-order chi connectivity index (χ1) is 14.3. The molecule has 0 unspecified atom stereocenters. The van der Waals surface area contributed by atoms with Crippen LogP contribution in [0.4, 0.5) is 11.4 Å². The fraction of sp³-hybridized carbons (Fsp3) is 0.250. The number of anilines is 2. The molecule has 1 saturated heterocycles. The lowest BCUT2D eigenvalue weighted by Crippen LogP contribution is -2.25. The number of ether oxygens (including phenoxy) is 2.